The summed E-state index contributed by atoms with van der Waals surface area (Å²) in [6.07, 6.45) is 10.5. The molecule has 2 saturated carbocycles. The van der Waals surface area contributed by atoms with Gasteiger partial charge in [0, 0.05) is 25.6 Å². The van der Waals surface area contributed by atoms with E-state index in [1.807, 2.05) is 0 Å². The van der Waals surface area contributed by atoms with Gasteiger partial charge in [-0.2, -0.15) is 0 Å². The minimum absolute atomic E-state index is 0.514. The van der Waals surface area contributed by atoms with Crippen molar-refractivity contribution in [2.45, 2.75) is 63.0 Å². The highest BCUT2D eigenvalue weighted by atomic mass is 16.5. The summed E-state index contributed by atoms with van der Waals surface area (Å²) in [5, 5.41) is 13.9. The molecule has 1 saturated heterocycles. The highest BCUT2D eigenvalue weighted by molar-refractivity contribution is 5.02. The molecule has 1 spiro atoms. The Kier molecular flexibility index (Phi) is 3.18. The molecule has 2 N–H and O–H groups in total. The summed E-state index contributed by atoms with van der Waals surface area (Å²) in [6, 6.07) is 0.660. The van der Waals surface area contributed by atoms with Gasteiger partial charge in [0.2, 0.25) is 0 Å². The fourth-order valence-electron chi connectivity index (χ4n) is 3.92. The van der Waals surface area contributed by atoms with Gasteiger partial charge in [0.25, 0.3) is 0 Å². The smallest absolute Gasteiger partial charge is 0.102 e. The van der Waals surface area contributed by atoms with Gasteiger partial charge >= 0.3 is 0 Å². The molecule has 3 heteroatoms. The van der Waals surface area contributed by atoms with E-state index in [2.05, 4.69) is 5.32 Å². The van der Waals surface area contributed by atoms with E-state index >= 15 is 0 Å². The zero-order chi connectivity index (χ0) is 11.8. The van der Waals surface area contributed by atoms with Crippen LogP contribution in [0.2, 0.25) is 0 Å². The second kappa shape index (κ2) is 4.52. The molecular weight excluding hydrogens is 214 g/mol. The number of hydrogen-bond donors (Lipinski definition) is 2. The van der Waals surface area contributed by atoms with Crippen molar-refractivity contribution < 1.29 is 9.84 Å². The fourth-order valence-corrected chi connectivity index (χ4v) is 3.92. The molecular formula is C14H25NO2. The van der Waals surface area contributed by atoms with E-state index in [0.29, 0.717) is 24.7 Å². The molecule has 3 nitrogen and oxygen atoms in total. The van der Waals surface area contributed by atoms with Gasteiger partial charge in [0.1, 0.15) is 5.60 Å². The Hall–Kier alpha value is -0.120. The largest absolute Gasteiger partial charge is 0.386 e. The van der Waals surface area contributed by atoms with Crippen molar-refractivity contribution in [3.8, 4) is 0 Å². The molecule has 0 aromatic rings. The quantitative estimate of drug-likeness (QED) is 0.789. The highest BCUT2D eigenvalue weighted by Crippen LogP contribution is 2.51. The van der Waals surface area contributed by atoms with Crippen LogP contribution in [-0.2, 0) is 4.74 Å². The summed E-state index contributed by atoms with van der Waals surface area (Å²) in [5.41, 5.74) is -0.000478. The number of nitrogens with one attached hydrogen (secondary N) is 1. The third kappa shape index (κ3) is 2.25. The van der Waals surface area contributed by atoms with Crippen LogP contribution in [0.5, 0.6) is 0 Å². The van der Waals surface area contributed by atoms with Crippen LogP contribution < -0.4 is 5.32 Å². The zero-order valence-corrected chi connectivity index (χ0v) is 10.7. The molecule has 0 radical (unpaired) electrons. The Balaban J connectivity index is 1.52. The van der Waals surface area contributed by atoms with Crippen LogP contribution in [0.1, 0.15) is 51.4 Å². The zero-order valence-electron chi connectivity index (χ0n) is 10.7. The summed E-state index contributed by atoms with van der Waals surface area (Å²) >= 11 is 0. The monoisotopic (exact) mass is 239 g/mol. The topological polar surface area (TPSA) is 41.5 Å². The summed E-state index contributed by atoms with van der Waals surface area (Å²) < 4.78 is 5.29. The second-order valence-corrected chi connectivity index (χ2v) is 6.42. The van der Waals surface area contributed by atoms with Gasteiger partial charge in [0.05, 0.1) is 6.61 Å². The highest BCUT2D eigenvalue weighted by Gasteiger charge is 2.47. The first-order chi connectivity index (χ1) is 8.23. The molecule has 3 rings (SSSR count). The Labute approximate surface area is 104 Å². The van der Waals surface area contributed by atoms with Crippen molar-refractivity contribution in [2.24, 2.45) is 5.41 Å². The van der Waals surface area contributed by atoms with E-state index in [1.54, 1.807) is 0 Å². The van der Waals surface area contributed by atoms with Gasteiger partial charge < -0.3 is 15.2 Å². The van der Waals surface area contributed by atoms with E-state index in [9.17, 15) is 5.11 Å². The van der Waals surface area contributed by atoms with Crippen LogP contribution in [0.4, 0.5) is 0 Å². The fraction of sp³-hybridized carbons (Fsp3) is 1.00. The van der Waals surface area contributed by atoms with Crippen molar-refractivity contribution in [1.29, 1.82) is 0 Å². The minimum Gasteiger partial charge on any atom is -0.386 e. The lowest BCUT2D eigenvalue weighted by atomic mass is 9.57. The molecule has 0 aromatic heterocycles. The summed E-state index contributed by atoms with van der Waals surface area (Å²) in [7, 11) is 0. The van der Waals surface area contributed by atoms with Crippen LogP contribution >= 0.6 is 0 Å². The molecule has 1 aliphatic heterocycles. The molecule has 17 heavy (non-hydrogen) atoms. The van der Waals surface area contributed by atoms with Crippen LogP contribution in [0.3, 0.4) is 0 Å². The molecule has 3 aliphatic rings. The lowest BCUT2D eigenvalue weighted by Crippen LogP contribution is -2.57. The van der Waals surface area contributed by atoms with Crippen molar-refractivity contribution >= 4 is 0 Å². The average molecular weight is 239 g/mol. The first kappa shape index (κ1) is 11.9. The second-order valence-electron chi connectivity index (χ2n) is 6.42. The summed E-state index contributed by atoms with van der Waals surface area (Å²) in [6.45, 7) is 1.95. The lowest BCUT2D eigenvalue weighted by Gasteiger charge is -2.53. The van der Waals surface area contributed by atoms with E-state index < -0.39 is 5.60 Å². The van der Waals surface area contributed by atoms with Gasteiger partial charge in [-0.25, -0.2) is 0 Å². The van der Waals surface area contributed by atoms with Crippen LogP contribution in [0.15, 0.2) is 0 Å². The molecule has 3 fully saturated rings. The Morgan fingerprint density at radius 3 is 2.53 bits per heavy atom. The van der Waals surface area contributed by atoms with Gasteiger partial charge in [-0.1, -0.05) is 19.3 Å². The van der Waals surface area contributed by atoms with E-state index in [4.69, 9.17) is 4.74 Å². The maximum atomic E-state index is 10.3. The third-order valence-corrected chi connectivity index (χ3v) is 5.28. The van der Waals surface area contributed by atoms with E-state index in [-0.39, 0.29) is 0 Å². The predicted octanol–water partition coefficient (Wildman–Crippen LogP) is 1.84. The maximum Gasteiger partial charge on any atom is 0.102 e. The summed E-state index contributed by atoms with van der Waals surface area (Å²) in [5.74, 6) is 0. The Bertz CT molecular complexity index is 267. The van der Waals surface area contributed by atoms with Crippen molar-refractivity contribution in [2.75, 3.05) is 19.8 Å². The molecule has 0 bridgehead atoms. The minimum atomic E-state index is -0.592. The van der Waals surface area contributed by atoms with Crippen LogP contribution in [0, 0.1) is 5.41 Å². The first-order valence-electron chi connectivity index (χ1n) is 7.26. The lowest BCUT2D eigenvalue weighted by molar-refractivity contribution is -0.0122. The molecule has 98 valence electrons. The first-order valence-corrected chi connectivity index (χ1v) is 7.26. The van der Waals surface area contributed by atoms with Gasteiger partial charge in [0.15, 0.2) is 0 Å². The summed E-state index contributed by atoms with van der Waals surface area (Å²) in [4.78, 5) is 0. The Morgan fingerprint density at radius 1 is 1.12 bits per heavy atom. The Morgan fingerprint density at radius 2 is 1.94 bits per heavy atom. The molecule has 0 amide bonds. The van der Waals surface area contributed by atoms with Crippen molar-refractivity contribution in [3.05, 3.63) is 0 Å². The standard InChI is InChI=1S/C14H25NO2/c16-14(8-9-17-11-14)10-15-12-4-7-13(12)5-2-1-3-6-13/h12,15-16H,1-11H2. The van der Waals surface area contributed by atoms with Crippen molar-refractivity contribution in [3.63, 3.8) is 0 Å². The van der Waals surface area contributed by atoms with Crippen LogP contribution in [-0.4, -0.2) is 36.5 Å². The molecule has 2 atom stereocenters. The number of ether oxygens (including phenoxy) is 1. The number of aliphatic hydroxyl groups is 1. The van der Waals surface area contributed by atoms with Crippen LogP contribution in [0.25, 0.3) is 0 Å². The van der Waals surface area contributed by atoms with Gasteiger partial charge in [-0.15, -0.1) is 0 Å². The maximum absolute atomic E-state index is 10.3. The van der Waals surface area contributed by atoms with E-state index in [0.717, 1.165) is 13.0 Å². The molecule has 2 unspecified atom stereocenters. The van der Waals surface area contributed by atoms with Gasteiger partial charge in [-0.05, 0) is 31.1 Å². The average Bonchev–Trinajstić information content (AvgIpc) is 2.76. The van der Waals surface area contributed by atoms with Crippen molar-refractivity contribution in [1.82, 2.24) is 5.32 Å². The molecule has 2 aliphatic carbocycles. The predicted molar refractivity (Wildman–Crippen MR) is 66.9 cm³/mol. The number of hydrogen-bond acceptors (Lipinski definition) is 3. The van der Waals surface area contributed by atoms with Gasteiger partial charge in [-0.3, -0.25) is 0 Å². The normalized spacial score (nSPS) is 40.4. The van der Waals surface area contributed by atoms with E-state index in [1.165, 1.54) is 44.9 Å². The molecule has 0 aromatic carbocycles. The number of rotatable bonds is 3. The SMILES string of the molecule is OC1(CNC2CCC23CCCCC3)CCOC1. The third-order valence-electron chi connectivity index (χ3n) is 5.28. The molecule has 1 heterocycles.